The normalized spacial score (nSPS) is 24.8. The SMILES string of the molecule is CN1CCC(C(C)(O)c2ccccc2CN)C1. The van der Waals surface area contributed by atoms with Gasteiger partial charge in [0.25, 0.3) is 0 Å². The third kappa shape index (κ3) is 2.37. The topological polar surface area (TPSA) is 49.5 Å². The number of nitrogens with zero attached hydrogens (tertiary/aromatic N) is 1. The molecule has 1 fully saturated rings. The minimum atomic E-state index is -0.777. The average molecular weight is 234 g/mol. The van der Waals surface area contributed by atoms with Crippen LogP contribution in [0.2, 0.25) is 0 Å². The quantitative estimate of drug-likeness (QED) is 0.829. The second-order valence-corrected chi connectivity index (χ2v) is 5.26. The molecule has 2 rings (SSSR count). The van der Waals surface area contributed by atoms with Crippen LogP contribution in [0, 0.1) is 5.92 Å². The fraction of sp³-hybridized carbons (Fsp3) is 0.571. The van der Waals surface area contributed by atoms with Crippen molar-refractivity contribution >= 4 is 0 Å². The number of rotatable bonds is 3. The van der Waals surface area contributed by atoms with Crippen molar-refractivity contribution in [3.8, 4) is 0 Å². The van der Waals surface area contributed by atoms with Crippen LogP contribution in [0.4, 0.5) is 0 Å². The molecule has 3 N–H and O–H groups in total. The van der Waals surface area contributed by atoms with Gasteiger partial charge in [0.05, 0.1) is 5.60 Å². The number of hydrogen-bond acceptors (Lipinski definition) is 3. The van der Waals surface area contributed by atoms with E-state index in [0.29, 0.717) is 12.5 Å². The van der Waals surface area contributed by atoms with E-state index >= 15 is 0 Å². The van der Waals surface area contributed by atoms with E-state index in [9.17, 15) is 5.11 Å². The zero-order chi connectivity index (χ0) is 12.5. The van der Waals surface area contributed by atoms with Crippen molar-refractivity contribution in [2.75, 3.05) is 20.1 Å². The zero-order valence-electron chi connectivity index (χ0n) is 10.7. The van der Waals surface area contributed by atoms with Gasteiger partial charge >= 0.3 is 0 Å². The van der Waals surface area contributed by atoms with Gasteiger partial charge in [-0.1, -0.05) is 24.3 Å². The molecule has 0 spiro atoms. The molecule has 1 aromatic rings. The van der Waals surface area contributed by atoms with Gasteiger partial charge in [-0.25, -0.2) is 0 Å². The molecule has 2 atom stereocenters. The van der Waals surface area contributed by atoms with Crippen molar-refractivity contribution in [2.45, 2.75) is 25.5 Å². The third-order valence-corrected chi connectivity index (χ3v) is 3.97. The van der Waals surface area contributed by atoms with Gasteiger partial charge in [0.1, 0.15) is 0 Å². The number of hydrogen-bond donors (Lipinski definition) is 2. The van der Waals surface area contributed by atoms with Crippen molar-refractivity contribution in [1.29, 1.82) is 0 Å². The van der Waals surface area contributed by atoms with E-state index in [1.165, 1.54) is 0 Å². The van der Waals surface area contributed by atoms with Crippen LogP contribution in [-0.2, 0) is 12.1 Å². The minimum Gasteiger partial charge on any atom is -0.385 e. The monoisotopic (exact) mass is 234 g/mol. The van der Waals surface area contributed by atoms with Crippen LogP contribution in [0.25, 0.3) is 0 Å². The summed E-state index contributed by atoms with van der Waals surface area (Å²) in [6.45, 7) is 4.41. The molecule has 0 amide bonds. The molecule has 0 radical (unpaired) electrons. The van der Waals surface area contributed by atoms with Crippen LogP contribution >= 0.6 is 0 Å². The Bertz CT molecular complexity index is 390. The molecule has 0 saturated carbocycles. The standard InChI is InChI=1S/C14H22N2O/c1-14(17,12-7-8-16(2)10-12)13-6-4-3-5-11(13)9-15/h3-6,12,17H,7-10,15H2,1-2H3. The van der Waals surface area contributed by atoms with Crippen LogP contribution < -0.4 is 5.73 Å². The molecule has 1 heterocycles. The number of aliphatic hydroxyl groups is 1. The summed E-state index contributed by atoms with van der Waals surface area (Å²) in [5.74, 6) is 0.292. The highest BCUT2D eigenvalue weighted by atomic mass is 16.3. The molecule has 3 heteroatoms. The van der Waals surface area contributed by atoms with Gasteiger partial charge in [0.15, 0.2) is 0 Å². The van der Waals surface area contributed by atoms with Crippen LogP contribution in [0.1, 0.15) is 24.5 Å². The van der Waals surface area contributed by atoms with E-state index < -0.39 is 5.60 Å². The van der Waals surface area contributed by atoms with Gasteiger partial charge in [-0.15, -0.1) is 0 Å². The van der Waals surface area contributed by atoms with E-state index in [4.69, 9.17) is 5.73 Å². The molecule has 1 aliphatic heterocycles. The lowest BCUT2D eigenvalue weighted by molar-refractivity contribution is -0.00197. The van der Waals surface area contributed by atoms with Crippen molar-refractivity contribution in [1.82, 2.24) is 4.90 Å². The largest absolute Gasteiger partial charge is 0.385 e. The van der Waals surface area contributed by atoms with Crippen LogP contribution in [0.3, 0.4) is 0 Å². The molecule has 2 unspecified atom stereocenters. The van der Waals surface area contributed by atoms with Gasteiger partial charge in [-0.05, 0) is 38.1 Å². The predicted octanol–water partition coefficient (Wildman–Crippen LogP) is 1.30. The zero-order valence-corrected chi connectivity index (χ0v) is 10.7. The molecular weight excluding hydrogens is 212 g/mol. The van der Waals surface area contributed by atoms with E-state index in [0.717, 1.165) is 30.6 Å². The summed E-state index contributed by atoms with van der Waals surface area (Å²) in [6.07, 6.45) is 1.04. The molecule has 94 valence electrons. The molecule has 1 aliphatic rings. The Morgan fingerprint density at radius 3 is 2.76 bits per heavy atom. The smallest absolute Gasteiger partial charge is 0.0912 e. The van der Waals surface area contributed by atoms with Crippen molar-refractivity contribution < 1.29 is 5.11 Å². The van der Waals surface area contributed by atoms with Gasteiger partial charge in [-0.2, -0.15) is 0 Å². The first kappa shape index (κ1) is 12.6. The Hall–Kier alpha value is -0.900. The Morgan fingerprint density at radius 1 is 1.47 bits per heavy atom. The highest BCUT2D eigenvalue weighted by Gasteiger charge is 2.38. The molecule has 3 nitrogen and oxygen atoms in total. The summed E-state index contributed by atoms with van der Waals surface area (Å²) in [5.41, 5.74) is 7.01. The Labute approximate surface area is 103 Å². The lowest BCUT2D eigenvalue weighted by atomic mass is 9.80. The molecule has 1 saturated heterocycles. The maximum absolute atomic E-state index is 10.8. The van der Waals surface area contributed by atoms with Gasteiger partial charge in [0, 0.05) is 19.0 Å². The second-order valence-electron chi connectivity index (χ2n) is 5.26. The predicted molar refractivity (Wildman–Crippen MR) is 69.5 cm³/mol. The number of benzene rings is 1. The average Bonchev–Trinajstić information content (AvgIpc) is 2.76. The highest BCUT2D eigenvalue weighted by Crippen LogP contribution is 2.36. The van der Waals surface area contributed by atoms with Crippen LogP contribution in [0.5, 0.6) is 0 Å². The van der Waals surface area contributed by atoms with Crippen LogP contribution in [0.15, 0.2) is 24.3 Å². The lowest BCUT2D eigenvalue weighted by Crippen LogP contribution is -2.34. The second kappa shape index (κ2) is 4.77. The Balaban J connectivity index is 2.30. The summed E-state index contributed by atoms with van der Waals surface area (Å²) in [7, 11) is 2.10. The summed E-state index contributed by atoms with van der Waals surface area (Å²) in [4.78, 5) is 2.27. The fourth-order valence-corrected chi connectivity index (χ4v) is 2.81. The third-order valence-electron chi connectivity index (χ3n) is 3.97. The van der Waals surface area contributed by atoms with E-state index in [-0.39, 0.29) is 0 Å². The van der Waals surface area contributed by atoms with Crippen molar-refractivity contribution in [3.63, 3.8) is 0 Å². The van der Waals surface area contributed by atoms with Crippen LogP contribution in [-0.4, -0.2) is 30.1 Å². The molecule has 0 aromatic heterocycles. The van der Waals surface area contributed by atoms with Gasteiger partial charge < -0.3 is 15.7 Å². The van der Waals surface area contributed by atoms with Gasteiger partial charge in [0.2, 0.25) is 0 Å². The minimum absolute atomic E-state index is 0.292. The Kier molecular flexibility index (Phi) is 3.52. The van der Waals surface area contributed by atoms with Crippen molar-refractivity contribution in [2.24, 2.45) is 11.7 Å². The number of nitrogens with two attached hydrogens (primary N) is 1. The molecule has 0 bridgehead atoms. The maximum Gasteiger partial charge on any atom is 0.0912 e. The molecule has 0 aliphatic carbocycles. The first-order chi connectivity index (χ1) is 8.05. The van der Waals surface area contributed by atoms with Gasteiger partial charge in [-0.3, -0.25) is 0 Å². The summed E-state index contributed by atoms with van der Waals surface area (Å²) < 4.78 is 0. The first-order valence-corrected chi connectivity index (χ1v) is 6.25. The van der Waals surface area contributed by atoms with E-state index in [1.54, 1.807) is 0 Å². The number of likely N-dealkylation sites (tertiary alicyclic amines) is 1. The maximum atomic E-state index is 10.8. The Morgan fingerprint density at radius 2 is 2.18 bits per heavy atom. The molecule has 1 aromatic carbocycles. The fourth-order valence-electron chi connectivity index (χ4n) is 2.81. The lowest BCUT2D eigenvalue weighted by Gasteiger charge is -2.32. The summed E-state index contributed by atoms with van der Waals surface area (Å²) >= 11 is 0. The first-order valence-electron chi connectivity index (χ1n) is 6.25. The molecular formula is C14H22N2O. The van der Waals surface area contributed by atoms with Crippen molar-refractivity contribution in [3.05, 3.63) is 35.4 Å². The molecule has 17 heavy (non-hydrogen) atoms. The van der Waals surface area contributed by atoms with E-state index in [1.807, 2.05) is 31.2 Å². The van der Waals surface area contributed by atoms with E-state index in [2.05, 4.69) is 11.9 Å². The summed E-state index contributed by atoms with van der Waals surface area (Å²) in [5, 5.41) is 10.8. The summed E-state index contributed by atoms with van der Waals surface area (Å²) in [6, 6.07) is 7.95. The highest BCUT2D eigenvalue weighted by molar-refractivity contribution is 5.32.